The number of aryl methyl sites for hydroxylation is 1. The third kappa shape index (κ3) is 2.65. The van der Waals surface area contributed by atoms with Crippen LogP contribution < -0.4 is 15.6 Å². The van der Waals surface area contributed by atoms with Crippen molar-refractivity contribution in [3.05, 3.63) is 58.6 Å². The zero-order valence-corrected chi connectivity index (χ0v) is 13.2. The number of aromatic carboxylic acids is 1. The van der Waals surface area contributed by atoms with E-state index in [1.807, 2.05) is 0 Å². The number of hydrogen-bond donors (Lipinski definition) is 1. The van der Waals surface area contributed by atoms with Crippen LogP contribution in [-0.2, 0) is 17.1 Å². The predicted molar refractivity (Wildman–Crippen MR) is 83.0 cm³/mol. The molecule has 0 radical (unpaired) electrons. The van der Waals surface area contributed by atoms with Crippen molar-refractivity contribution >= 4 is 32.8 Å². The Morgan fingerprint density at radius 1 is 1.21 bits per heavy atom. The van der Waals surface area contributed by atoms with E-state index in [2.05, 4.69) is 4.72 Å². The number of fused-ring (bicyclic) bond motifs is 1. The third-order valence-corrected chi connectivity index (χ3v) is 4.83. The van der Waals surface area contributed by atoms with E-state index in [0.717, 1.165) is 0 Å². The monoisotopic (exact) mass is 347 g/mol. The van der Waals surface area contributed by atoms with Gasteiger partial charge in [-0.1, -0.05) is 18.2 Å². The maximum absolute atomic E-state index is 12.5. The average Bonchev–Trinajstić information content (AvgIpc) is 2.81. The maximum atomic E-state index is 12.5. The normalized spacial score (nSPS) is 11.5. The summed E-state index contributed by atoms with van der Waals surface area (Å²) in [5.74, 6) is -2.12. The highest BCUT2D eigenvalue weighted by Crippen LogP contribution is 2.22. The third-order valence-electron chi connectivity index (χ3n) is 3.47. The van der Waals surface area contributed by atoms with Crippen molar-refractivity contribution in [3.8, 4) is 0 Å². The van der Waals surface area contributed by atoms with Gasteiger partial charge in [-0.25, -0.2) is 13.2 Å². The molecule has 1 heterocycles. The molecule has 0 aliphatic carbocycles. The van der Waals surface area contributed by atoms with Crippen LogP contribution in [0.4, 0.5) is 5.69 Å². The van der Waals surface area contributed by atoms with Crippen molar-refractivity contribution < 1.29 is 22.7 Å². The minimum absolute atomic E-state index is 0.110. The molecule has 3 aromatic rings. The number of carboxylic acids is 1. The largest absolute Gasteiger partial charge is 0.545 e. The highest BCUT2D eigenvalue weighted by Gasteiger charge is 2.18. The molecule has 1 N–H and O–H groups in total. The van der Waals surface area contributed by atoms with Crippen LogP contribution in [0, 0.1) is 0 Å². The van der Waals surface area contributed by atoms with E-state index in [0.29, 0.717) is 5.52 Å². The van der Waals surface area contributed by atoms with E-state index in [1.165, 1.54) is 54.1 Å². The lowest BCUT2D eigenvalue weighted by Crippen LogP contribution is -2.24. The van der Waals surface area contributed by atoms with Gasteiger partial charge in [-0.2, -0.15) is 0 Å². The Bertz CT molecular complexity index is 1110. The van der Waals surface area contributed by atoms with Crippen molar-refractivity contribution in [1.82, 2.24) is 4.57 Å². The molecule has 0 bridgehead atoms. The van der Waals surface area contributed by atoms with E-state index in [-0.39, 0.29) is 21.7 Å². The fraction of sp³-hybridized carbons (Fsp3) is 0.0667. The molecule has 0 atom stereocenters. The van der Waals surface area contributed by atoms with Crippen LogP contribution in [0.2, 0.25) is 0 Å². The quantitative estimate of drug-likeness (QED) is 0.724. The van der Waals surface area contributed by atoms with E-state index >= 15 is 0 Å². The van der Waals surface area contributed by atoms with Crippen molar-refractivity contribution in [3.63, 3.8) is 0 Å². The number of sulfonamides is 1. The molecule has 8 nitrogen and oxygen atoms in total. The number of carbonyl (C=O) groups is 1. The first-order valence-corrected chi connectivity index (χ1v) is 8.21. The molecule has 0 aliphatic heterocycles. The average molecular weight is 347 g/mol. The highest BCUT2D eigenvalue weighted by atomic mass is 32.2. The second-order valence-electron chi connectivity index (χ2n) is 5.00. The zero-order valence-electron chi connectivity index (χ0n) is 12.3. The van der Waals surface area contributed by atoms with Crippen LogP contribution in [0.3, 0.4) is 0 Å². The molecule has 1 aromatic heterocycles. The minimum atomic E-state index is -4.08. The van der Waals surface area contributed by atoms with E-state index in [9.17, 15) is 23.1 Å². The zero-order chi connectivity index (χ0) is 17.5. The van der Waals surface area contributed by atoms with Crippen molar-refractivity contribution in [1.29, 1.82) is 0 Å². The van der Waals surface area contributed by atoms with Gasteiger partial charge in [0.25, 0.3) is 10.0 Å². The van der Waals surface area contributed by atoms with Gasteiger partial charge in [0.2, 0.25) is 0 Å². The molecule has 0 amide bonds. The Balaban J connectivity index is 2.05. The summed E-state index contributed by atoms with van der Waals surface area (Å²) in [5.41, 5.74) is 0.146. The number of nitrogens with zero attached hydrogens (tertiary/aromatic N) is 1. The van der Waals surface area contributed by atoms with Crippen LogP contribution in [0.1, 0.15) is 10.4 Å². The molecular weight excluding hydrogens is 336 g/mol. The van der Waals surface area contributed by atoms with Crippen LogP contribution in [0.15, 0.2) is 56.6 Å². The van der Waals surface area contributed by atoms with Gasteiger partial charge in [-0.3, -0.25) is 9.29 Å². The lowest BCUT2D eigenvalue weighted by Gasteiger charge is -2.13. The summed E-state index contributed by atoms with van der Waals surface area (Å²) in [7, 11) is -2.58. The predicted octanol–water partition coefficient (Wildman–Crippen LogP) is 0.296. The Kier molecular flexibility index (Phi) is 3.64. The second-order valence-corrected chi connectivity index (χ2v) is 6.68. The van der Waals surface area contributed by atoms with Gasteiger partial charge >= 0.3 is 5.76 Å². The summed E-state index contributed by atoms with van der Waals surface area (Å²) in [6, 6.07) is 9.40. The number of rotatable bonds is 4. The SMILES string of the molecule is Cn1c(=O)oc2cc(S(=O)(=O)Nc3ccccc3C(=O)[O-])ccc21. The van der Waals surface area contributed by atoms with Crippen LogP contribution in [-0.4, -0.2) is 19.0 Å². The fourth-order valence-corrected chi connectivity index (χ4v) is 3.33. The fourth-order valence-electron chi connectivity index (χ4n) is 2.24. The van der Waals surface area contributed by atoms with Crippen LogP contribution >= 0.6 is 0 Å². The van der Waals surface area contributed by atoms with Crippen LogP contribution in [0.5, 0.6) is 0 Å². The number of oxazole rings is 1. The number of nitrogens with one attached hydrogen (secondary N) is 1. The number of hydrogen-bond acceptors (Lipinski definition) is 6. The van der Waals surface area contributed by atoms with Gasteiger partial charge in [-0.15, -0.1) is 0 Å². The molecule has 3 rings (SSSR count). The number of aromatic nitrogens is 1. The smallest absolute Gasteiger partial charge is 0.419 e. The second kappa shape index (κ2) is 5.53. The Morgan fingerprint density at radius 2 is 1.92 bits per heavy atom. The Hall–Kier alpha value is -3.07. The van der Waals surface area contributed by atoms with Crippen molar-refractivity contribution in [2.24, 2.45) is 7.05 Å². The maximum Gasteiger partial charge on any atom is 0.419 e. The lowest BCUT2D eigenvalue weighted by atomic mass is 10.2. The molecule has 0 unspecified atom stereocenters. The standard InChI is InChI=1S/C15H12N2O6S/c1-17-12-7-6-9(8-13(12)23-15(17)20)24(21,22)16-11-5-3-2-4-10(11)14(18)19/h2-8,16H,1H3,(H,18,19)/p-1. The van der Waals surface area contributed by atoms with E-state index in [4.69, 9.17) is 4.42 Å². The summed E-state index contributed by atoms with van der Waals surface area (Å²) >= 11 is 0. The molecule has 24 heavy (non-hydrogen) atoms. The number of carbonyl (C=O) groups excluding carboxylic acids is 1. The van der Waals surface area contributed by atoms with Crippen molar-refractivity contribution in [2.45, 2.75) is 4.90 Å². The number of carboxylic acid groups (broad SMARTS) is 1. The molecule has 0 aliphatic rings. The topological polar surface area (TPSA) is 121 Å². The Morgan fingerprint density at radius 3 is 2.62 bits per heavy atom. The molecule has 124 valence electrons. The first-order chi connectivity index (χ1) is 11.3. The molecule has 0 fully saturated rings. The number of para-hydroxylation sites is 1. The van der Waals surface area contributed by atoms with Gasteiger partial charge in [0, 0.05) is 18.7 Å². The molecule has 9 heteroatoms. The summed E-state index contributed by atoms with van der Waals surface area (Å²) < 4.78 is 33.3. The lowest BCUT2D eigenvalue weighted by molar-refractivity contribution is -0.254. The molecule has 2 aromatic carbocycles. The van der Waals surface area contributed by atoms with Crippen molar-refractivity contribution in [2.75, 3.05) is 4.72 Å². The summed E-state index contributed by atoms with van der Waals surface area (Å²) in [5, 5.41) is 11.1. The summed E-state index contributed by atoms with van der Waals surface area (Å²) in [4.78, 5) is 22.4. The molecule has 0 spiro atoms. The van der Waals surface area contributed by atoms with Gasteiger partial charge < -0.3 is 14.3 Å². The Labute approximate surface area is 136 Å². The van der Waals surface area contributed by atoms with Gasteiger partial charge in [-0.05, 0) is 18.2 Å². The molecule has 0 saturated carbocycles. The molecule has 0 saturated heterocycles. The first-order valence-electron chi connectivity index (χ1n) is 6.72. The summed E-state index contributed by atoms with van der Waals surface area (Å²) in [6.45, 7) is 0. The first kappa shape index (κ1) is 15.8. The van der Waals surface area contributed by atoms with Crippen LogP contribution in [0.25, 0.3) is 11.1 Å². The van der Waals surface area contributed by atoms with E-state index < -0.39 is 21.7 Å². The van der Waals surface area contributed by atoms with Gasteiger partial charge in [0.05, 0.1) is 22.1 Å². The van der Waals surface area contributed by atoms with Gasteiger partial charge in [0.1, 0.15) is 0 Å². The molecular formula is C15H11N2O6S-. The number of anilines is 1. The summed E-state index contributed by atoms with van der Waals surface area (Å²) in [6.07, 6.45) is 0. The van der Waals surface area contributed by atoms with E-state index in [1.54, 1.807) is 0 Å². The number of benzene rings is 2. The minimum Gasteiger partial charge on any atom is -0.545 e. The van der Waals surface area contributed by atoms with Gasteiger partial charge in [0.15, 0.2) is 5.58 Å². The highest BCUT2D eigenvalue weighted by molar-refractivity contribution is 7.92.